The van der Waals surface area contributed by atoms with Gasteiger partial charge in [-0.3, -0.25) is 4.79 Å². The molecular formula is C17H15NO4S2. The van der Waals surface area contributed by atoms with Crippen molar-refractivity contribution >= 4 is 27.1 Å². The highest BCUT2D eigenvalue weighted by Crippen LogP contribution is 2.31. The molecule has 1 amide bonds. The Morgan fingerprint density at radius 2 is 1.88 bits per heavy atom. The zero-order valence-corrected chi connectivity index (χ0v) is 14.2. The molecule has 0 aliphatic rings. The summed E-state index contributed by atoms with van der Waals surface area (Å²) < 4.78 is 31.2. The van der Waals surface area contributed by atoms with Gasteiger partial charge in [0.15, 0.2) is 9.84 Å². The first-order valence-electron chi connectivity index (χ1n) is 7.23. The lowest BCUT2D eigenvalue weighted by Gasteiger charge is -2.15. The molecule has 0 spiro atoms. The zero-order chi connectivity index (χ0) is 17.0. The number of carbonyl (C=O) groups excluding carboxylic acids is 1. The molecule has 1 aromatic carbocycles. The summed E-state index contributed by atoms with van der Waals surface area (Å²) in [6.07, 6.45) is 1.42. The van der Waals surface area contributed by atoms with Crippen molar-refractivity contribution in [2.45, 2.75) is 9.46 Å². The van der Waals surface area contributed by atoms with E-state index in [0.717, 1.165) is 11.3 Å². The van der Waals surface area contributed by atoms with Crippen molar-refractivity contribution in [3.63, 3.8) is 0 Å². The highest BCUT2D eigenvalue weighted by atomic mass is 32.2. The van der Waals surface area contributed by atoms with Gasteiger partial charge in [-0.05, 0) is 35.7 Å². The molecule has 0 aliphatic carbocycles. The van der Waals surface area contributed by atoms with Crippen molar-refractivity contribution in [1.29, 1.82) is 0 Å². The quantitative estimate of drug-likeness (QED) is 0.731. The van der Waals surface area contributed by atoms with Crippen LogP contribution in [-0.4, -0.2) is 20.9 Å². The van der Waals surface area contributed by atoms with Gasteiger partial charge >= 0.3 is 0 Å². The number of benzene rings is 1. The van der Waals surface area contributed by atoms with Crippen molar-refractivity contribution in [3.05, 3.63) is 77.6 Å². The molecule has 0 unspecified atom stereocenters. The Balaban J connectivity index is 1.83. The summed E-state index contributed by atoms with van der Waals surface area (Å²) >= 11 is 1.14. The van der Waals surface area contributed by atoms with E-state index in [1.54, 1.807) is 53.9 Å². The van der Waals surface area contributed by atoms with E-state index in [0.29, 0.717) is 11.3 Å². The fourth-order valence-electron chi connectivity index (χ4n) is 2.28. The van der Waals surface area contributed by atoms with Crippen LogP contribution in [0.3, 0.4) is 0 Å². The molecule has 0 saturated carbocycles. The normalized spacial score (nSPS) is 12.7. The van der Waals surface area contributed by atoms with Crippen LogP contribution in [0.25, 0.3) is 0 Å². The van der Waals surface area contributed by atoms with Crippen molar-refractivity contribution in [1.82, 2.24) is 5.32 Å². The molecule has 3 aromatic rings. The summed E-state index contributed by atoms with van der Waals surface area (Å²) in [5.74, 6) is -0.0229. The third kappa shape index (κ3) is 3.42. The second-order valence-electron chi connectivity index (χ2n) is 5.06. The molecule has 2 heterocycles. The van der Waals surface area contributed by atoms with Crippen LogP contribution < -0.4 is 5.32 Å². The lowest BCUT2D eigenvalue weighted by molar-refractivity contribution is 0.0953. The predicted octanol–water partition coefficient (Wildman–Crippen LogP) is 3.29. The number of sulfone groups is 1. The molecule has 24 heavy (non-hydrogen) atoms. The first-order valence-corrected chi connectivity index (χ1v) is 9.65. The smallest absolute Gasteiger partial charge is 0.251 e. The second kappa shape index (κ2) is 7.02. The lowest BCUT2D eigenvalue weighted by atomic mass is 10.2. The van der Waals surface area contributed by atoms with Crippen LogP contribution in [0.4, 0.5) is 0 Å². The molecule has 1 atom stereocenters. The van der Waals surface area contributed by atoms with Gasteiger partial charge in [0, 0.05) is 12.1 Å². The van der Waals surface area contributed by atoms with Crippen LogP contribution in [0.2, 0.25) is 0 Å². The van der Waals surface area contributed by atoms with E-state index < -0.39 is 15.1 Å². The van der Waals surface area contributed by atoms with Gasteiger partial charge in [0.2, 0.25) is 0 Å². The number of rotatable bonds is 6. The molecule has 3 rings (SSSR count). The SMILES string of the molecule is O=C(NC[C@@H](c1ccco1)S(=O)(=O)c1cccs1)c1ccccc1. The molecule has 2 aromatic heterocycles. The van der Waals surface area contributed by atoms with E-state index in [1.165, 1.54) is 6.26 Å². The number of amides is 1. The van der Waals surface area contributed by atoms with Crippen LogP contribution in [0, 0.1) is 0 Å². The Morgan fingerprint density at radius 3 is 2.50 bits per heavy atom. The highest BCUT2D eigenvalue weighted by molar-refractivity contribution is 7.93. The van der Waals surface area contributed by atoms with Crippen molar-refractivity contribution < 1.29 is 17.6 Å². The standard InChI is InChI=1S/C17H15NO4S2/c19-17(13-6-2-1-3-7-13)18-12-15(14-8-4-10-22-14)24(20,21)16-9-5-11-23-16/h1-11,15H,12H2,(H,18,19)/t15-/m0/s1. The molecule has 5 nitrogen and oxygen atoms in total. The first kappa shape index (κ1) is 16.5. The molecule has 0 fully saturated rings. The average Bonchev–Trinajstić information content (AvgIpc) is 3.29. The molecule has 0 aliphatic heterocycles. The fourth-order valence-corrected chi connectivity index (χ4v) is 5.07. The molecule has 1 N–H and O–H groups in total. The van der Waals surface area contributed by atoms with Gasteiger partial charge in [0.05, 0.1) is 6.26 Å². The summed E-state index contributed by atoms with van der Waals surface area (Å²) in [4.78, 5) is 12.2. The third-order valence-corrected chi connectivity index (χ3v) is 6.99. The van der Waals surface area contributed by atoms with E-state index in [9.17, 15) is 13.2 Å². The Kier molecular flexibility index (Phi) is 4.82. The first-order chi connectivity index (χ1) is 11.6. The maximum atomic E-state index is 12.8. The minimum Gasteiger partial charge on any atom is -0.468 e. The van der Waals surface area contributed by atoms with Gasteiger partial charge in [-0.15, -0.1) is 11.3 Å². The molecule has 0 bridgehead atoms. The Labute approximate surface area is 143 Å². The fraction of sp³-hybridized carbons (Fsp3) is 0.118. The predicted molar refractivity (Wildman–Crippen MR) is 91.7 cm³/mol. The number of hydrogen-bond acceptors (Lipinski definition) is 5. The Hall–Kier alpha value is -2.38. The van der Waals surface area contributed by atoms with E-state index in [2.05, 4.69) is 5.32 Å². The minimum absolute atomic E-state index is 0.0680. The van der Waals surface area contributed by atoms with E-state index in [1.807, 2.05) is 6.07 Å². The minimum atomic E-state index is -3.65. The maximum absolute atomic E-state index is 12.8. The Morgan fingerprint density at radius 1 is 1.08 bits per heavy atom. The summed E-state index contributed by atoms with van der Waals surface area (Å²) in [6.45, 7) is -0.0680. The highest BCUT2D eigenvalue weighted by Gasteiger charge is 2.32. The van der Waals surface area contributed by atoms with Crippen LogP contribution in [0.1, 0.15) is 21.4 Å². The van der Waals surface area contributed by atoms with Crippen LogP contribution in [-0.2, 0) is 9.84 Å². The van der Waals surface area contributed by atoms with E-state index >= 15 is 0 Å². The molecule has 0 radical (unpaired) electrons. The summed E-state index contributed by atoms with van der Waals surface area (Å²) in [5.41, 5.74) is 0.476. The van der Waals surface area contributed by atoms with Gasteiger partial charge in [0.25, 0.3) is 5.91 Å². The molecule has 124 valence electrons. The number of thiophene rings is 1. The van der Waals surface area contributed by atoms with Crippen LogP contribution >= 0.6 is 11.3 Å². The summed E-state index contributed by atoms with van der Waals surface area (Å²) in [6, 6.07) is 15.1. The largest absolute Gasteiger partial charge is 0.468 e. The monoisotopic (exact) mass is 361 g/mol. The van der Waals surface area contributed by atoms with Gasteiger partial charge in [-0.25, -0.2) is 8.42 Å². The van der Waals surface area contributed by atoms with E-state index in [4.69, 9.17) is 4.42 Å². The number of carbonyl (C=O) groups is 1. The third-order valence-electron chi connectivity index (χ3n) is 3.49. The number of nitrogens with one attached hydrogen (secondary N) is 1. The van der Waals surface area contributed by atoms with Gasteiger partial charge < -0.3 is 9.73 Å². The van der Waals surface area contributed by atoms with Crippen molar-refractivity contribution in [3.8, 4) is 0 Å². The molecular weight excluding hydrogens is 346 g/mol. The second-order valence-corrected chi connectivity index (χ2v) is 8.36. The van der Waals surface area contributed by atoms with Crippen LogP contribution in [0.5, 0.6) is 0 Å². The van der Waals surface area contributed by atoms with Gasteiger partial charge in [-0.2, -0.15) is 0 Å². The number of hydrogen-bond donors (Lipinski definition) is 1. The van der Waals surface area contributed by atoms with Gasteiger partial charge in [0.1, 0.15) is 15.2 Å². The Bertz CT molecular complexity index is 885. The van der Waals surface area contributed by atoms with E-state index in [-0.39, 0.29) is 16.7 Å². The van der Waals surface area contributed by atoms with Crippen molar-refractivity contribution in [2.24, 2.45) is 0 Å². The molecule has 7 heteroatoms. The summed E-state index contributed by atoms with van der Waals surface area (Å²) in [7, 11) is -3.65. The van der Waals surface area contributed by atoms with Crippen LogP contribution in [0.15, 0.2) is 74.9 Å². The molecule has 0 saturated heterocycles. The lowest BCUT2D eigenvalue weighted by Crippen LogP contribution is -2.31. The summed E-state index contributed by atoms with van der Waals surface area (Å²) in [5, 5.41) is 3.41. The topological polar surface area (TPSA) is 76.4 Å². The average molecular weight is 361 g/mol. The zero-order valence-electron chi connectivity index (χ0n) is 12.6. The van der Waals surface area contributed by atoms with Gasteiger partial charge in [-0.1, -0.05) is 24.3 Å². The maximum Gasteiger partial charge on any atom is 0.251 e. The van der Waals surface area contributed by atoms with Crippen molar-refractivity contribution in [2.75, 3.05) is 6.54 Å². The number of furan rings is 1.